The minimum absolute atomic E-state index is 0.0266. The highest BCUT2D eigenvalue weighted by molar-refractivity contribution is 5.82. The highest BCUT2D eigenvalue weighted by atomic mass is 16.7. The summed E-state index contributed by atoms with van der Waals surface area (Å²) >= 11 is 0. The van der Waals surface area contributed by atoms with Gasteiger partial charge in [0.25, 0.3) is 0 Å². The van der Waals surface area contributed by atoms with Gasteiger partial charge >= 0.3 is 0 Å². The minimum Gasteiger partial charge on any atom is -0.454 e. The van der Waals surface area contributed by atoms with Crippen LogP contribution < -0.4 is 25.6 Å². The van der Waals surface area contributed by atoms with Crippen molar-refractivity contribution >= 4 is 5.91 Å². The molecule has 114 valence electrons. The van der Waals surface area contributed by atoms with Crippen LogP contribution >= 0.6 is 0 Å². The maximum atomic E-state index is 12.1. The number of rotatable bonds is 5. The summed E-state index contributed by atoms with van der Waals surface area (Å²) in [6.07, 6.45) is 3.03. The summed E-state index contributed by atoms with van der Waals surface area (Å²) in [5.41, 5.74) is 7.24. The van der Waals surface area contributed by atoms with Crippen LogP contribution in [0.5, 0.6) is 11.5 Å². The molecular weight excluding hydrogens is 270 g/mol. The Kier molecular flexibility index (Phi) is 4.26. The first-order valence-corrected chi connectivity index (χ1v) is 7.43. The van der Waals surface area contributed by atoms with Gasteiger partial charge in [0.2, 0.25) is 12.7 Å². The number of fused-ring (bicyclic) bond motifs is 1. The Labute approximate surface area is 124 Å². The molecule has 0 saturated carbocycles. The van der Waals surface area contributed by atoms with Gasteiger partial charge in [-0.3, -0.25) is 10.2 Å². The van der Waals surface area contributed by atoms with Gasteiger partial charge in [-0.2, -0.15) is 0 Å². The van der Waals surface area contributed by atoms with Gasteiger partial charge in [-0.05, 0) is 30.5 Å². The molecule has 1 aromatic rings. The molecule has 0 aromatic heterocycles. The molecule has 1 saturated heterocycles. The maximum Gasteiger partial charge on any atom is 0.238 e. The van der Waals surface area contributed by atoms with Crippen LogP contribution in [-0.2, 0) is 11.3 Å². The Balaban J connectivity index is 1.50. The van der Waals surface area contributed by atoms with Gasteiger partial charge in [0.05, 0.1) is 0 Å². The Morgan fingerprint density at radius 1 is 1.33 bits per heavy atom. The molecule has 0 bridgehead atoms. The van der Waals surface area contributed by atoms with Gasteiger partial charge in [-0.15, -0.1) is 0 Å². The predicted molar refractivity (Wildman–Crippen MR) is 77.8 cm³/mol. The third-order valence-electron chi connectivity index (χ3n) is 3.84. The summed E-state index contributed by atoms with van der Waals surface area (Å²) in [5.74, 6) is 1.53. The lowest BCUT2D eigenvalue weighted by atomic mass is 10.1. The zero-order chi connectivity index (χ0) is 14.7. The van der Waals surface area contributed by atoms with Crippen LogP contribution in [-0.4, -0.2) is 24.8 Å². The van der Waals surface area contributed by atoms with E-state index < -0.39 is 0 Å². The van der Waals surface area contributed by atoms with E-state index in [2.05, 4.69) is 23.1 Å². The van der Waals surface area contributed by atoms with Crippen molar-refractivity contribution in [2.45, 2.75) is 44.8 Å². The second-order valence-electron chi connectivity index (χ2n) is 5.47. The molecule has 3 N–H and O–H groups in total. The van der Waals surface area contributed by atoms with Crippen molar-refractivity contribution in [3.63, 3.8) is 0 Å². The zero-order valence-corrected chi connectivity index (χ0v) is 12.1. The van der Waals surface area contributed by atoms with Crippen molar-refractivity contribution in [2.24, 2.45) is 0 Å². The van der Waals surface area contributed by atoms with Crippen molar-refractivity contribution < 1.29 is 14.3 Å². The molecule has 0 radical (unpaired) electrons. The monoisotopic (exact) mass is 291 g/mol. The second-order valence-corrected chi connectivity index (χ2v) is 5.47. The van der Waals surface area contributed by atoms with E-state index in [1.165, 1.54) is 0 Å². The van der Waals surface area contributed by atoms with E-state index in [1.807, 2.05) is 18.2 Å². The summed E-state index contributed by atoms with van der Waals surface area (Å²) in [5, 5.41) is 2.96. The average molecular weight is 291 g/mol. The number of ether oxygens (including phenoxy) is 2. The molecule has 1 fully saturated rings. The molecular formula is C15H21N3O3. The standard InChI is InChI=1S/C15H21N3O3/c1-2-3-11-7-12(18-17-11)15(19)16-8-10-4-5-13-14(6-10)21-9-20-13/h4-6,11-12,17-18H,2-3,7-9H2,1H3,(H,16,19). The third kappa shape index (κ3) is 3.28. The van der Waals surface area contributed by atoms with Crippen LogP contribution in [0.1, 0.15) is 31.7 Å². The van der Waals surface area contributed by atoms with Crippen LogP contribution in [0.4, 0.5) is 0 Å². The van der Waals surface area contributed by atoms with Crippen LogP contribution in [0.3, 0.4) is 0 Å². The number of hydrogen-bond donors (Lipinski definition) is 3. The normalized spacial score (nSPS) is 23.3. The molecule has 6 heteroatoms. The van der Waals surface area contributed by atoms with Crippen molar-refractivity contribution in [3.05, 3.63) is 23.8 Å². The van der Waals surface area contributed by atoms with Gasteiger partial charge in [0.1, 0.15) is 6.04 Å². The lowest BCUT2D eigenvalue weighted by Crippen LogP contribution is -2.43. The van der Waals surface area contributed by atoms with Gasteiger partial charge in [-0.25, -0.2) is 5.43 Å². The summed E-state index contributed by atoms with van der Waals surface area (Å²) in [7, 11) is 0. The van der Waals surface area contributed by atoms with E-state index >= 15 is 0 Å². The lowest BCUT2D eigenvalue weighted by Gasteiger charge is -2.11. The van der Waals surface area contributed by atoms with E-state index in [4.69, 9.17) is 9.47 Å². The van der Waals surface area contributed by atoms with Crippen molar-refractivity contribution in [1.82, 2.24) is 16.2 Å². The van der Waals surface area contributed by atoms with E-state index in [1.54, 1.807) is 0 Å². The highest BCUT2D eigenvalue weighted by Gasteiger charge is 2.28. The molecule has 2 aliphatic rings. The summed E-state index contributed by atoms with van der Waals surface area (Å²) in [6.45, 7) is 2.91. The van der Waals surface area contributed by atoms with Crippen LogP contribution in [0.15, 0.2) is 18.2 Å². The lowest BCUT2D eigenvalue weighted by molar-refractivity contribution is -0.123. The predicted octanol–water partition coefficient (Wildman–Crippen LogP) is 1.07. The summed E-state index contributed by atoms with van der Waals surface area (Å²) in [4.78, 5) is 12.1. The molecule has 21 heavy (non-hydrogen) atoms. The van der Waals surface area contributed by atoms with E-state index in [0.717, 1.165) is 36.3 Å². The number of carbonyl (C=O) groups excluding carboxylic acids is 1. The molecule has 1 aromatic carbocycles. The van der Waals surface area contributed by atoms with Crippen molar-refractivity contribution in [1.29, 1.82) is 0 Å². The van der Waals surface area contributed by atoms with Gasteiger partial charge in [0, 0.05) is 12.6 Å². The zero-order valence-electron chi connectivity index (χ0n) is 12.1. The molecule has 0 spiro atoms. The third-order valence-corrected chi connectivity index (χ3v) is 3.84. The smallest absolute Gasteiger partial charge is 0.238 e. The number of hydrazine groups is 1. The number of hydrogen-bond acceptors (Lipinski definition) is 5. The number of amides is 1. The first kappa shape index (κ1) is 14.2. The Morgan fingerprint density at radius 2 is 2.19 bits per heavy atom. The summed E-state index contributed by atoms with van der Waals surface area (Å²) < 4.78 is 10.6. The van der Waals surface area contributed by atoms with Gasteiger partial charge in [-0.1, -0.05) is 19.4 Å². The molecule has 0 aliphatic carbocycles. The first-order valence-electron chi connectivity index (χ1n) is 7.43. The number of carbonyl (C=O) groups is 1. The van der Waals surface area contributed by atoms with Crippen LogP contribution in [0, 0.1) is 0 Å². The molecule has 2 atom stereocenters. The quantitative estimate of drug-likeness (QED) is 0.757. The fourth-order valence-electron chi connectivity index (χ4n) is 2.70. The summed E-state index contributed by atoms with van der Waals surface area (Å²) in [6, 6.07) is 5.94. The Hall–Kier alpha value is -1.79. The molecule has 2 heterocycles. The minimum atomic E-state index is -0.157. The number of nitrogens with one attached hydrogen (secondary N) is 3. The topological polar surface area (TPSA) is 71.6 Å². The molecule has 2 aliphatic heterocycles. The van der Waals surface area contributed by atoms with Crippen LogP contribution in [0.2, 0.25) is 0 Å². The average Bonchev–Trinajstić information content (AvgIpc) is 3.13. The molecule has 6 nitrogen and oxygen atoms in total. The van der Waals surface area contributed by atoms with Crippen molar-refractivity contribution in [2.75, 3.05) is 6.79 Å². The van der Waals surface area contributed by atoms with E-state index in [0.29, 0.717) is 12.6 Å². The fraction of sp³-hybridized carbons (Fsp3) is 0.533. The molecule has 3 rings (SSSR count). The maximum absolute atomic E-state index is 12.1. The second kappa shape index (κ2) is 6.32. The fourth-order valence-corrected chi connectivity index (χ4v) is 2.70. The Bertz CT molecular complexity index is 521. The van der Waals surface area contributed by atoms with E-state index in [9.17, 15) is 4.79 Å². The first-order chi connectivity index (χ1) is 10.3. The van der Waals surface area contributed by atoms with E-state index in [-0.39, 0.29) is 18.7 Å². The van der Waals surface area contributed by atoms with Crippen LogP contribution in [0.25, 0.3) is 0 Å². The largest absolute Gasteiger partial charge is 0.454 e. The Morgan fingerprint density at radius 3 is 3.05 bits per heavy atom. The SMILES string of the molecule is CCCC1CC(C(=O)NCc2ccc3c(c2)OCO3)NN1. The molecule has 2 unspecified atom stereocenters. The van der Waals surface area contributed by atoms with Gasteiger partial charge in [0.15, 0.2) is 11.5 Å². The molecule has 1 amide bonds. The van der Waals surface area contributed by atoms with Crippen molar-refractivity contribution in [3.8, 4) is 11.5 Å². The number of benzene rings is 1. The van der Waals surface area contributed by atoms with Gasteiger partial charge < -0.3 is 14.8 Å². The highest BCUT2D eigenvalue weighted by Crippen LogP contribution is 2.32.